The maximum atomic E-state index is 13.5. The second-order valence-electron chi connectivity index (χ2n) is 9.77. The van der Waals surface area contributed by atoms with Crippen molar-refractivity contribution >= 4 is 67.0 Å². The normalized spacial score (nSPS) is 11.1. The Bertz CT molecular complexity index is 2020. The van der Waals surface area contributed by atoms with E-state index in [1.54, 1.807) is 60.7 Å². The van der Waals surface area contributed by atoms with E-state index in [0.29, 0.717) is 43.8 Å². The van der Waals surface area contributed by atoms with Gasteiger partial charge in [-0.2, -0.15) is 0 Å². The molecule has 0 saturated carbocycles. The Morgan fingerprint density at radius 3 is 1.30 bits per heavy atom. The van der Waals surface area contributed by atoms with E-state index in [4.69, 9.17) is 14.2 Å². The minimum absolute atomic E-state index is 0.106. The van der Waals surface area contributed by atoms with Crippen LogP contribution < -0.4 is 9.47 Å². The smallest absolute Gasteiger partial charge is 0.346 e. The molecule has 0 radical (unpaired) electrons. The van der Waals surface area contributed by atoms with E-state index >= 15 is 0 Å². The van der Waals surface area contributed by atoms with Crippen molar-refractivity contribution in [3.05, 3.63) is 107 Å². The van der Waals surface area contributed by atoms with Gasteiger partial charge in [0.15, 0.2) is 0 Å². The van der Waals surface area contributed by atoms with Crippen LogP contribution in [0.5, 0.6) is 11.5 Å². The molecule has 0 fully saturated rings. The third kappa shape index (κ3) is 4.53. The van der Waals surface area contributed by atoms with Crippen LogP contribution in [0.25, 0.3) is 43.1 Å². The van der Waals surface area contributed by atoms with Gasteiger partial charge in [0.2, 0.25) is 0 Å². The van der Waals surface area contributed by atoms with Gasteiger partial charge in [0.1, 0.15) is 11.5 Å². The number of carboxylic acids is 2. The van der Waals surface area contributed by atoms with Gasteiger partial charge in [-0.1, -0.05) is 36.4 Å². The first kappa shape index (κ1) is 27.2. The molecule has 0 heterocycles. The van der Waals surface area contributed by atoms with Crippen molar-refractivity contribution in [1.29, 1.82) is 0 Å². The van der Waals surface area contributed by atoms with Gasteiger partial charge < -0.3 is 24.4 Å². The van der Waals surface area contributed by atoms with Gasteiger partial charge in [-0.15, -0.1) is 0 Å². The highest BCUT2D eigenvalue weighted by atomic mass is 16.6. The number of benzene rings is 6. The largest absolute Gasteiger partial charge is 0.497 e. The summed E-state index contributed by atoms with van der Waals surface area (Å²) in [5.74, 6) is -3.63. The summed E-state index contributed by atoms with van der Waals surface area (Å²) in [5.41, 5.74) is -0.568. The van der Waals surface area contributed by atoms with Crippen molar-refractivity contribution in [1.82, 2.24) is 0 Å². The average molecular weight is 575 g/mol. The first-order chi connectivity index (χ1) is 20.7. The first-order valence-corrected chi connectivity index (χ1v) is 13.0. The van der Waals surface area contributed by atoms with E-state index in [0.717, 1.165) is 0 Å². The Labute approximate surface area is 243 Å². The molecular weight excluding hydrogens is 552 g/mol. The topological polar surface area (TPSA) is 136 Å². The van der Waals surface area contributed by atoms with Crippen molar-refractivity contribution in [2.75, 3.05) is 14.2 Å². The number of carbonyl (C=O) groups is 4. The summed E-state index contributed by atoms with van der Waals surface area (Å²) < 4.78 is 15.8. The zero-order chi connectivity index (χ0) is 30.4. The molecule has 0 aliphatic carbocycles. The highest BCUT2D eigenvalue weighted by Crippen LogP contribution is 2.36. The van der Waals surface area contributed by atoms with E-state index in [9.17, 15) is 29.4 Å². The number of rotatable bonds is 6. The quantitative estimate of drug-likeness (QED) is 0.126. The molecule has 0 aromatic heterocycles. The zero-order valence-corrected chi connectivity index (χ0v) is 22.8. The average Bonchev–Trinajstić information content (AvgIpc) is 3.02. The van der Waals surface area contributed by atoms with Crippen LogP contribution in [0.2, 0.25) is 0 Å². The lowest BCUT2D eigenvalue weighted by Gasteiger charge is -2.14. The molecule has 0 spiro atoms. The Balaban J connectivity index is 1.49. The number of hydrogen-bond acceptors (Lipinski definition) is 7. The Hall–Kier alpha value is -5.96. The third-order valence-electron chi connectivity index (χ3n) is 7.45. The molecule has 0 aliphatic heterocycles. The molecule has 43 heavy (non-hydrogen) atoms. The second kappa shape index (κ2) is 10.5. The minimum Gasteiger partial charge on any atom is -0.497 e. The van der Waals surface area contributed by atoms with Crippen LogP contribution in [0, 0.1) is 0 Å². The number of carboxylic acid groups (broad SMARTS) is 2. The molecule has 0 bridgehead atoms. The van der Waals surface area contributed by atoms with Crippen molar-refractivity contribution in [3.8, 4) is 11.5 Å². The monoisotopic (exact) mass is 574 g/mol. The van der Waals surface area contributed by atoms with E-state index in [1.165, 1.54) is 38.5 Å². The predicted octanol–water partition coefficient (Wildman–Crippen LogP) is 6.71. The molecule has 0 aliphatic rings. The molecule has 0 unspecified atom stereocenters. The molecule has 0 amide bonds. The maximum absolute atomic E-state index is 13.5. The fraction of sp³-hybridized carbons (Fsp3) is 0.0588. The zero-order valence-electron chi connectivity index (χ0n) is 22.8. The minimum atomic E-state index is -1.27. The van der Waals surface area contributed by atoms with Crippen molar-refractivity contribution in [3.63, 3.8) is 0 Å². The standard InChI is InChI=1S/C34H22O9/c1-41-19-9-11-21-17(13-19)15-27(31(35)36)29-23(21)5-3-7-25(29)33(39)43-34(40)26-8-4-6-24-22-12-10-20(42-2)14-18(22)16-28(30(24)26)32(37)38/h3-16H,1-2H3,(H,35,36)(H,37,38). The molecule has 0 saturated heterocycles. The molecule has 6 aromatic rings. The third-order valence-corrected chi connectivity index (χ3v) is 7.45. The number of aromatic carboxylic acids is 2. The fourth-order valence-electron chi connectivity index (χ4n) is 5.53. The van der Waals surface area contributed by atoms with Crippen molar-refractivity contribution < 1.29 is 43.6 Å². The van der Waals surface area contributed by atoms with Gasteiger partial charge in [0, 0.05) is 10.8 Å². The summed E-state index contributed by atoms with van der Waals surface area (Å²) in [6.45, 7) is 0. The lowest BCUT2D eigenvalue weighted by atomic mass is 9.93. The highest BCUT2D eigenvalue weighted by molar-refractivity contribution is 6.24. The van der Waals surface area contributed by atoms with E-state index < -0.39 is 23.9 Å². The molecule has 212 valence electrons. The van der Waals surface area contributed by atoms with Gasteiger partial charge in [-0.05, 0) is 80.8 Å². The van der Waals surface area contributed by atoms with E-state index in [1.807, 2.05) is 0 Å². The van der Waals surface area contributed by atoms with Crippen LogP contribution >= 0.6 is 0 Å². The van der Waals surface area contributed by atoms with Crippen molar-refractivity contribution in [2.45, 2.75) is 0 Å². The number of methoxy groups -OCH3 is 2. The molecule has 6 rings (SSSR count). The van der Waals surface area contributed by atoms with Gasteiger partial charge in [0.05, 0.1) is 36.5 Å². The number of fused-ring (bicyclic) bond motifs is 6. The van der Waals surface area contributed by atoms with Gasteiger partial charge in [-0.25, -0.2) is 19.2 Å². The highest BCUT2D eigenvalue weighted by Gasteiger charge is 2.25. The lowest BCUT2D eigenvalue weighted by Crippen LogP contribution is -2.15. The Morgan fingerprint density at radius 1 is 0.512 bits per heavy atom. The summed E-state index contributed by atoms with van der Waals surface area (Å²) in [6.07, 6.45) is 0. The lowest BCUT2D eigenvalue weighted by molar-refractivity contribution is 0.0400. The first-order valence-electron chi connectivity index (χ1n) is 13.0. The van der Waals surface area contributed by atoms with Crippen LogP contribution in [0.1, 0.15) is 41.4 Å². The molecular formula is C34H22O9. The van der Waals surface area contributed by atoms with Gasteiger partial charge >= 0.3 is 23.9 Å². The molecule has 6 aromatic carbocycles. The van der Waals surface area contributed by atoms with Gasteiger partial charge in [0.25, 0.3) is 0 Å². The summed E-state index contributed by atoms with van der Waals surface area (Å²) in [4.78, 5) is 51.6. The molecule has 9 heteroatoms. The van der Waals surface area contributed by atoms with Gasteiger partial charge in [-0.3, -0.25) is 0 Å². The van der Waals surface area contributed by atoms with Crippen LogP contribution in [0.3, 0.4) is 0 Å². The Kier molecular flexibility index (Phi) is 6.62. The summed E-state index contributed by atoms with van der Waals surface area (Å²) >= 11 is 0. The summed E-state index contributed by atoms with van der Waals surface area (Å²) in [7, 11) is 3.00. The molecule has 9 nitrogen and oxygen atoms in total. The number of hydrogen-bond donors (Lipinski definition) is 2. The maximum Gasteiger partial charge on any atom is 0.346 e. The number of carbonyl (C=O) groups excluding carboxylic acids is 2. The van der Waals surface area contributed by atoms with E-state index in [-0.39, 0.29) is 33.0 Å². The SMILES string of the molecule is COc1ccc2c(c1)cc(C(=O)O)c1c(C(=O)OC(=O)c3cccc4c3c(C(=O)O)cc3cc(OC)ccc34)cccc12. The van der Waals surface area contributed by atoms with Crippen LogP contribution in [-0.4, -0.2) is 48.3 Å². The second-order valence-corrected chi connectivity index (χ2v) is 9.77. The van der Waals surface area contributed by atoms with E-state index in [2.05, 4.69) is 0 Å². The molecule has 2 N–H and O–H groups in total. The van der Waals surface area contributed by atoms with Crippen LogP contribution in [-0.2, 0) is 4.74 Å². The molecule has 0 atom stereocenters. The Morgan fingerprint density at radius 2 is 0.930 bits per heavy atom. The van der Waals surface area contributed by atoms with Crippen molar-refractivity contribution in [2.24, 2.45) is 0 Å². The predicted molar refractivity (Wildman–Crippen MR) is 160 cm³/mol. The summed E-state index contributed by atoms with van der Waals surface area (Å²) in [6, 6.07) is 22.5. The number of esters is 2. The van der Waals surface area contributed by atoms with Crippen LogP contribution in [0.15, 0.2) is 84.9 Å². The summed E-state index contributed by atoms with van der Waals surface area (Å²) in [5, 5.41) is 23.8. The fourth-order valence-corrected chi connectivity index (χ4v) is 5.53. The van der Waals surface area contributed by atoms with Crippen LogP contribution in [0.4, 0.5) is 0 Å². The number of ether oxygens (including phenoxy) is 3.